The highest BCUT2D eigenvalue weighted by Gasteiger charge is 2.36. The second kappa shape index (κ2) is 11.9. The van der Waals surface area contributed by atoms with Gasteiger partial charge in [0.15, 0.2) is 0 Å². The van der Waals surface area contributed by atoms with Crippen LogP contribution in [-0.2, 0) is 14.3 Å². The Morgan fingerprint density at radius 1 is 1.02 bits per heavy atom. The van der Waals surface area contributed by atoms with Crippen LogP contribution in [0.15, 0.2) is 70.5 Å². The van der Waals surface area contributed by atoms with E-state index in [1.807, 2.05) is 24.3 Å². The molecular formula is C29H29N7O7. The molecule has 4 N–H and O–H groups in total. The molecule has 1 fully saturated rings. The standard InChI is InChI=1S/C29H29N7O7/c1-15(2)35-14-22(27(40)36(29(35)42)16(3)25(38)33-21-12-24(37)43-28(21)41)34-26(39)17-8-10-18(11-9-17)31-23-13-30-19-6-4-5-7-20(19)32-23/h4-11,13-16,21,28,41H,12H2,1-3H3,(H,31,32)(H,33,38)(H,34,39). The topological polar surface area (TPSA) is 187 Å². The Morgan fingerprint density at radius 3 is 2.37 bits per heavy atom. The summed E-state index contributed by atoms with van der Waals surface area (Å²) in [6.07, 6.45) is 1.03. The van der Waals surface area contributed by atoms with Gasteiger partial charge in [-0.15, -0.1) is 0 Å². The molecule has 0 aliphatic carbocycles. The summed E-state index contributed by atoms with van der Waals surface area (Å²) < 4.78 is 6.56. The SMILES string of the molecule is CC(C)n1cc(NC(=O)c2ccc(Nc3cnc4ccccc4n3)cc2)c(=O)n(C(C)C(=O)NC2CC(=O)OC2O)c1=O. The maximum atomic E-state index is 13.4. The number of carbonyl (C=O) groups excluding carboxylic acids is 3. The van der Waals surface area contributed by atoms with Crippen molar-refractivity contribution in [2.24, 2.45) is 0 Å². The van der Waals surface area contributed by atoms with Gasteiger partial charge in [-0.1, -0.05) is 12.1 Å². The number of fused-ring (bicyclic) bond motifs is 1. The molecule has 3 unspecified atom stereocenters. The highest BCUT2D eigenvalue weighted by atomic mass is 16.6. The van der Waals surface area contributed by atoms with Crippen LogP contribution < -0.4 is 27.2 Å². The highest BCUT2D eigenvalue weighted by molar-refractivity contribution is 6.04. The number of hydrogen-bond donors (Lipinski definition) is 4. The Bertz CT molecular complexity index is 1830. The average molecular weight is 588 g/mol. The van der Waals surface area contributed by atoms with Gasteiger partial charge >= 0.3 is 11.7 Å². The molecule has 1 aliphatic rings. The number of benzene rings is 2. The maximum Gasteiger partial charge on any atom is 0.332 e. The van der Waals surface area contributed by atoms with Crippen LogP contribution in [0.4, 0.5) is 17.2 Å². The largest absolute Gasteiger partial charge is 0.434 e. The van der Waals surface area contributed by atoms with E-state index >= 15 is 0 Å². The van der Waals surface area contributed by atoms with Crippen molar-refractivity contribution in [2.45, 2.75) is 51.6 Å². The van der Waals surface area contributed by atoms with Crippen molar-refractivity contribution in [3.8, 4) is 0 Å². The number of rotatable bonds is 8. The van der Waals surface area contributed by atoms with Crippen molar-refractivity contribution < 1.29 is 24.2 Å². The zero-order valence-corrected chi connectivity index (χ0v) is 23.5. The molecule has 0 bridgehead atoms. The monoisotopic (exact) mass is 587 g/mol. The van der Waals surface area contributed by atoms with E-state index in [0.29, 0.717) is 16.1 Å². The average Bonchev–Trinajstić information content (AvgIpc) is 3.30. The Labute approximate surface area is 244 Å². The van der Waals surface area contributed by atoms with Crippen LogP contribution in [0.1, 0.15) is 49.6 Å². The summed E-state index contributed by atoms with van der Waals surface area (Å²) in [7, 11) is 0. The van der Waals surface area contributed by atoms with Crippen molar-refractivity contribution in [1.82, 2.24) is 24.4 Å². The van der Waals surface area contributed by atoms with E-state index in [2.05, 4.69) is 30.7 Å². The van der Waals surface area contributed by atoms with Gasteiger partial charge in [-0.05, 0) is 57.2 Å². The Hall–Kier alpha value is -5.37. The van der Waals surface area contributed by atoms with Gasteiger partial charge in [0.25, 0.3) is 11.5 Å². The summed E-state index contributed by atoms with van der Waals surface area (Å²) >= 11 is 0. The second-order valence-corrected chi connectivity index (χ2v) is 10.3. The molecule has 3 atom stereocenters. The van der Waals surface area contributed by atoms with Crippen molar-refractivity contribution in [3.05, 3.63) is 87.3 Å². The molecule has 0 spiro atoms. The second-order valence-electron chi connectivity index (χ2n) is 10.3. The van der Waals surface area contributed by atoms with Crippen molar-refractivity contribution >= 4 is 46.0 Å². The lowest BCUT2D eigenvalue weighted by Crippen LogP contribution is -2.49. The number of hydrogen-bond acceptors (Lipinski definition) is 10. The summed E-state index contributed by atoms with van der Waals surface area (Å²) in [6.45, 7) is 4.73. The molecule has 0 saturated carbocycles. The number of amides is 2. The molecule has 1 saturated heterocycles. The number of aliphatic hydroxyl groups excluding tert-OH is 1. The van der Waals surface area contributed by atoms with E-state index in [4.69, 9.17) is 0 Å². The Morgan fingerprint density at radius 2 is 1.72 bits per heavy atom. The first-order valence-corrected chi connectivity index (χ1v) is 13.5. The normalized spacial score (nSPS) is 17.0. The molecule has 3 heterocycles. The van der Waals surface area contributed by atoms with Crippen LogP contribution >= 0.6 is 0 Å². The van der Waals surface area contributed by atoms with E-state index in [1.165, 1.54) is 17.7 Å². The van der Waals surface area contributed by atoms with Gasteiger partial charge < -0.3 is 25.8 Å². The lowest BCUT2D eigenvalue weighted by molar-refractivity contribution is -0.155. The lowest BCUT2D eigenvalue weighted by atomic mass is 10.2. The van der Waals surface area contributed by atoms with Gasteiger partial charge in [0.05, 0.1) is 23.7 Å². The third kappa shape index (κ3) is 6.13. The predicted molar refractivity (Wildman–Crippen MR) is 156 cm³/mol. The number of aromatic nitrogens is 4. The van der Waals surface area contributed by atoms with Crippen molar-refractivity contribution in [3.63, 3.8) is 0 Å². The van der Waals surface area contributed by atoms with Crippen molar-refractivity contribution in [2.75, 3.05) is 10.6 Å². The number of nitrogens with one attached hydrogen (secondary N) is 3. The fourth-order valence-corrected chi connectivity index (χ4v) is 4.54. The van der Waals surface area contributed by atoms with Gasteiger partial charge in [0.2, 0.25) is 12.2 Å². The minimum atomic E-state index is -1.54. The number of anilines is 3. The van der Waals surface area contributed by atoms with Gasteiger partial charge in [0.1, 0.15) is 23.6 Å². The smallest absolute Gasteiger partial charge is 0.332 e. The Balaban J connectivity index is 1.35. The third-order valence-electron chi connectivity index (χ3n) is 6.89. The fourth-order valence-electron chi connectivity index (χ4n) is 4.54. The zero-order valence-electron chi connectivity index (χ0n) is 23.5. The number of cyclic esters (lactones) is 1. The quantitative estimate of drug-likeness (QED) is 0.222. The predicted octanol–water partition coefficient (Wildman–Crippen LogP) is 1.84. The van der Waals surface area contributed by atoms with Crippen LogP contribution in [-0.4, -0.2) is 54.3 Å². The van der Waals surface area contributed by atoms with Gasteiger partial charge in [0, 0.05) is 23.5 Å². The summed E-state index contributed by atoms with van der Waals surface area (Å²) in [6, 6.07) is 11.1. The highest BCUT2D eigenvalue weighted by Crippen LogP contribution is 2.19. The molecule has 14 nitrogen and oxygen atoms in total. The molecule has 0 radical (unpaired) electrons. The number of aliphatic hydroxyl groups is 1. The Kier molecular flexibility index (Phi) is 8.03. The molecule has 4 aromatic rings. The van der Waals surface area contributed by atoms with E-state index < -0.39 is 53.4 Å². The molecule has 222 valence electrons. The van der Waals surface area contributed by atoms with E-state index in [1.54, 1.807) is 44.3 Å². The number of nitrogens with zero attached hydrogens (tertiary/aromatic N) is 4. The first-order valence-electron chi connectivity index (χ1n) is 13.5. The van der Waals surface area contributed by atoms with E-state index in [0.717, 1.165) is 11.0 Å². The van der Waals surface area contributed by atoms with E-state index in [9.17, 15) is 29.1 Å². The van der Waals surface area contributed by atoms with Gasteiger partial charge in [-0.3, -0.25) is 28.7 Å². The number of para-hydroxylation sites is 2. The first kappa shape index (κ1) is 29.1. The summed E-state index contributed by atoms with van der Waals surface area (Å²) in [4.78, 5) is 72.9. The van der Waals surface area contributed by atoms with E-state index in [-0.39, 0.29) is 17.7 Å². The number of esters is 1. The molecule has 2 aromatic heterocycles. The minimum Gasteiger partial charge on any atom is -0.434 e. The van der Waals surface area contributed by atoms with Gasteiger partial charge in [-0.2, -0.15) is 0 Å². The van der Waals surface area contributed by atoms with Crippen LogP contribution in [0, 0.1) is 0 Å². The third-order valence-corrected chi connectivity index (χ3v) is 6.89. The van der Waals surface area contributed by atoms with Crippen LogP contribution in [0.2, 0.25) is 0 Å². The first-order chi connectivity index (χ1) is 20.5. The van der Waals surface area contributed by atoms with Crippen LogP contribution in [0.3, 0.4) is 0 Å². The summed E-state index contributed by atoms with van der Waals surface area (Å²) in [5, 5.41) is 17.9. The summed E-state index contributed by atoms with van der Waals surface area (Å²) in [5.74, 6) is -1.58. The summed E-state index contributed by atoms with van der Waals surface area (Å²) in [5.41, 5.74) is 0.481. The molecule has 2 aromatic carbocycles. The van der Waals surface area contributed by atoms with Crippen molar-refractivity contribution in [1.29, 1.82) is 0 Å². The maximum absolute atomic E-state index is 13.4. The number of carbonyl (C=O) groups is 3. The molecule has 1 aliphatic heterocycles. The minimum absolute atomic E-state index is 0.217. The lowest BCUT2D eigenvalue weighted by Gasteiger charge is -2.21. The number of ether oxygens (including phenoxy) is 1. The molecule has 2 amide bonds. The fraction of sp³-hybridized carbons (Fsp3) is 0.276. The van der Waals surface area contributed by atoms with Gasteiger partial charge in [-0.25, -0.2) is 14.3 Å². The van der Waals surface area contributed by atoms with Crippen LogP contribution in [0.25, 0.3) is 11.0 Å². The zero-order chi connectivity index (χ0) is 30.8. The molecule has 5 rings (SSSR count). The van der Waals surface area contributed by atoms with Crippen LogP contribution in [0.5, 0.6) is 0 Å². The molecule has 14 heteroatoms. The molecule has 43 heavy (non-hydrogen) atoms. The molecular weight excluding hydrogens is 558 g/mol.